The van der Waals surface area contributed by atoms with Crippen LogP contribution in [0.15, 0.2) is 54.6 Å². The second-order valence-corrected chi connectivity index (χ2v) is 7.72. The number of nitrogens with one attached hydrogen (secondary N) is 3. The van der Waals surface area contributed by atoms with Crippen LogP contribution in [0.25, 0.3) is 0 Å². The van der Waals surface area contributed by atoms with Crippen molar-refractivity contribution >= 4 is 29.6 Å². The van der Waals surface area contributed by atoms with Gasteiger partial charge in [-0.15, -0.1) is 0 Å². The molecule has 0 spiro atoms. The smallest absolute Gasteiger partial charge is 0.409 e. The van der Waals surface area contributed by atoms with Crippen LogP contribution in [0.5, 0.6) is 0 Å². The molecule has 2 aliphatic rings. The van der Waals surface area contributed by atoms with Gasteiger partial charge in [0.1, 0.15) is 12.6 Å². The third kappa shape index (κ3) is 5.04. The van der Waals surface area contributed by atoms with Crippen molar-refractivity contribution < 1.29 is 29.1 Å². The number of benzene rings is 2. The number of hydroxylamine groups is 2. The third-order valence-corrected chi connectivity index (χ3v) is 5.54. The lowest BCUT2D eigenvalue weighted by Gasteiger charge is -2.29. The highest BCUT2D eigenvalue weighted by Crippen LogP contribution is 2.30. The second kappa shape index (κ2) is 9.57. The zero-order chi connectivity index (χ0) is 23.4. The summed E-state index contributed by atoms with van der Waals surface area (Å²) >= 11 is 0. The van der Waals surface area contributed by atoms with Crippen molar-refractivity contribution in [3.05, 3.63) is 65.7 Å². The van der Waals surface area contributed by atoms with Gasteiger partial charge in [-0.2, -0.15) is 5.06 Å². The van der Waals surface area contributed by atoms with E-state index in [-0.39, 0.29) is 24.2 Å². The first-order valence-electron chi connectivity index (χ1n) is 10.4. The Labute approximate surface area is 189 Å². The number of hydrazine groups is 1. The van der Waals surface area contributed by atoms with E-state index in [1.165, 1.54) is 34.2 Å². The summed E-state index contributed by atoms with van der Waals surface area (Å²) in [5.74, 6) is -1.07. The molecule has 33 heavy (non-hydrogen) atoms. The van der Waals surface area contributed by atoms with Crippen molar-refractivity contribution in [3.8, 4) is 0 Å². The van der Waals surface area contributed by atoms with E-state index in [9.17, 15) is 19.2 Å². The highest BCUT2D eigenvalue weighted by atomic mass is 16.7. The van der Waals surface area contributed by atoms with Crippen molar-refractivity contribution in [3.63, 3.8) is 0 Å². The Morgan fingerprint density at radius 2 is 1.73 bits per heavy atom. The first kappa shape index (κ1) is 22.1. The summed E-state index contributed by atoms with van der Waals surface area (Å²) < 4.78 is 0. The molecule has 2 aromatic rings. The van der Waals surface area contributed by atoms with Crippen molar-refractivity contribution in [1.82, 2.24) is 20.8 Å². The minimum absolute atomic E-state index is 0.127. The molecule has 2 saturated heterocycles. The molecule has 5 amide bonds. The van der Waals surface area contributed by atoms with Crippen molar-refractivity contribution in [2.75, 3.05) is 11.9 Å². The Morgan fingerprint density at radius 1 is 1.00 bits per heavy atom. The number of hydrogen-bond acceptors (Lipinski definition) is 5. The lowest BCUT2D eigenvalue weighted by atomic mass is 10.0. The van der Waals surface area contributed by atoms with Crippen LogP contribution in [0.2, 0.25) is 0 Å². The predicted octanol–water partition coefficient (Wildman–Crippen LogP) is 1.94. The Kier molecular flexibility index (Phi) is 6.41. The van der Waals surface area contributed by atoms with E-state index < -0.39 is 23.9 Å². The molecule has 0 aliphatic carbocycles. The quantitative estimate of drug-likeness (QED) is 0.493. The van der Waals surface area contributed by atoms with Gasteiger partial charge in [0.05, 0.1) is 6.04 Å². The van der Waals surface area contributed by atoms with Crippen LogP contribution >= 0.6 is 0 Å². The summed E-state index contributed by atoms with van der Waals surface area (Å²) in [4.78, 5) is 55.6. The SMILES string of the molecule is O=C(O)Nc1ccc(C(=O)NNC(=O)[C@@H]2CC[C@@H]3CN2C(=O)N3OCc2ccccc2)cc1. The lowest BCUT2D eigenvalue weighted by Crippen LogP contribution is -2.54. The molecule has 0 aromatic heterocycles. The van der Waals surface area contributed by atoms with Crippen LogP contribution in [0.4, 0.5) is 15.3 Å². The van der Waals surface area contributed by atoms with Crippen LogP contribution in [0.3, 0.4) is 0 Å². The number of hydrogen-bond donors (Lipinski definition) is 4. The van der Waals surface area contributed by atoms with Crippen molar-refractivity contribution in [1.29, 1.82) is 0 Å². The molecule has 0 unspecified atom stereocenters. The number of piperidine rings is 1. The monoisotopic (exact) mass is 453 g/mol. The summed E-state index contributed by atoms with van der Waals surface area (Å²) in [5.41, 5.74) is 6.18. The van der Waals surface area contributed by atoms with Crippen molar-refractivity contribution in [2.24, 2.45) is 0 Å². The van der Waals surface area contributed by atoms with Gasteiger partial charge in [0, 0.05) is 17.8 Å². The van der Waals surface area contributed by atoms with Crippen LogP contribution in [0.1, 0.15) is 28.8 Å². The van der Waals surface area contributed by atoms with E-state index in [1.807, 2.05) is 30.3 Å². The van der Waals surface area contributed by atoms with Gasteiger partial charge < -0.3 is 10.0 Å². The van der Waals surface area contributed by atoms with Gasteiger partial charge in [0.15, 0.2) is 0 Å². The standard InChI is InChI=1S/C22H23N5O6/c28-19(15-6-8-16(9-7-15)23-21(30)31)24-25-20(29)18-11-10-17-12-26(18)22(32)27(17)33-13-14-4-2-1-3-5-14/h1-9,17-18,23H,10-13H2,(H,24,28)(H,25,29)(H,30,31)/t17-,18+/m1/s1. The maximum absolute atomic E-state index is 12.8. The fourth-order valence-corrected chi connectivity index (χ4v) is 3.89. The normalized spacial score (nSPS) is 19.2. The van der Waals surface area contributed by atoms with Crippen LogP contribution in [-0.2, 0) is 16.2 Å². The van der Waals surface area contributed by atoms with Gasteiger partial charge in [-0.3, -0.25) is 30.6 Å². The summed E-state index contributed by atoms with van der Waals surface area (Å²) in [6, 6.07) is 14.0. The zero-order valence-corrected chi connectivity index (χ0v) is 17.6. The van der Waals surface area contributed by atoms with E-state index in [4.69, 9.17) is 9.94 Å². The Hall–Kier alpha value is -4.12. The van der Waals surface area contributed by atoms with Crippen LogP contribution in [-0.4, -0.2) is 57.6 Å². The molecule has 2 heterocycles. The number of urea groups is 1. The summed E-state index contributed by atoms with van der Waals surface area (Å²) in [6.07, 6.45) is -0.172. The van der Waals surface area contributed by atoms with Gasteiger partial charge in [-0.25, -0.2) is 9.59 Å². The average molecular weight is 453 g/mol. The minimum atomic E-state index is -1.21. The molecule has 11 nitrogen and oxygen atoms in total. The first-order valence-corrected chi connectivity index (χ1v) is 10.4. The lowest BCUT2D eigenvalue weighted by molar-refractivity contribution is -0.140. The maximum atomic E-state index is 12.8. The number of amides is 5. The highest BCUT2D eigenvalue weighted by Gasteiger charge is 2.48. The maximum Gasteiger partial charge on any atom is 0.409 e. The van der Waals surface area contributed by atoms with Crippen molar-refractivity contribution in [2.45, 2.75) is 31.5 Å². The Bertz CT molecular complexity index is 1050. The number of carbonyl (C=O) groups excluding carboxylic acids is 3. The minimum Gasteiger partial charge on any atom is -0.465 e. The van der Waals surface area contributed by atoms with E-state index in [0.29, 0.717) is 25.1 Å². The Balaban J connectivity index is 1.30. The fourth-order valence-electron chi connectivity index (χ4n) is 3.89. The molecule has 4 N–H and O–H groups in total. The largest absolute Gasteiger partial charge is 0.465 e. The first-order chi connectivity index (χ1) is 15.9. The predicted molar refractivity (Wildman–Crippen MR) is 116 cm³/mol. The molecule has 2 aliphatic heterocycles. The number of carbonyl (C=O) groups is 4. The molecule has 2 aromatic carbocycles. The molecule has 172 valence electrons. The molecule has 11 heteroatoms. The second-order valence-electron chi connectivity index (χ2n) is 7.72. The molecular formula is C22H23N5O6. The van der Waals surface area contributed by atoms with Crippen LogP contribution in [0, 0.1) is 0 Å². The number of rotatable bonds is 6. The molecule has 2 fully saturated rings. The molecular weight excluding hydrogens is 430 g/mol. The molecule has 2 atom stereocenters. The van der Waals surface area contributed by atoms with Gasteiger partial charge in [0.2, 0.25) is 0 Å². The summed E-state index contributed by atoms with van der Waals surface area (Å²) in [6.45, 7) is 0.627. The topological polar surface area (TPSA) is 140 Å². The van der Waals surface area contributed by atoms with E-state index in [0.717, 1.165) is 5.56 Å². The van der Waals surface area contributed by atoms with Crippen LogP contribution < -0.4 is 16.2 Å². The molecule has 0 radical (unpaired) electrons. The van der Waals surface area contributed by atoms with Gasteiger partial charge >= 0.3 is 12.1 Å². The summed E-state index contributed by atoms with van der Waals surface area (Å²) in [5, 5.41) is 12.2. The highest BCUT2D eigenvalue weighted by molar-refractivity contribution is 5.97. The molecule has 0 saturated carbocycles. The van der Waals surface area contributed by atoms with E-state index in [1.54, 1.807) is 0 Å². The fraction of sp³-hybridized carbons (Fsp3) is 0.273. The number of nitrogens with zero attached hydrogens (tertiary/aromatic N) is 2. The molecule has 4 rings (SSSR count). The third-order valence-electron chi connectivity index (χ3n) is 5.54. The molecule has 2 bridgehead atoms. The summed E-state index contributed by atoms with van der Waals surface area (Å²) in [7, 11) is 0. The van der Waals surface area contributed by atoms with Gasteiger partial charge in [0.25, 0.3) is 11.8 Å². The Morgan fingerprint density at radius 3 is 2.42 bits per heavy atom. The van der Waals surface area contributed by atoms with Gasteiger partial charge in [-0.05, 0) is 42.7 Å². The van der Waals surface area contributed by atoms with Gasteiger partial charge in [-0.1, -0.05) is 30.3 Å². The van der Waals surface area contributed by atoms with E-state index in [2.05, 4.69) is 16.2 Å². The van der Waals surface area contributed by atoms with E-state index >= 15 is 0 Å². The number of carboxylic acid groups (broad SMARTS) is 1. The number of anilines is 1. The zero-order valence-electron chi connectivity index (χ0n) is 17.6. The average Bonchev–Trinajstić information content (AvgIpc) is 3.06. The number of fused-ring (bicyclic) bond motifs is 2.